The van der Waals surface area contributed by atoms with Crippen LogP contribution in [0.2, 0.25) is 0 Å². The van der Waals surface area contributed by atoms with Crippen LogP contribution in [0.15, 0.2) is 59.1 Å². The molecule has 0 aliphatic heterocycles. The third-order valence-electron chi connectivity index (χ3n) is 2.99. The van der Waals surface area contributed by atoms with E-state index in [4.69, 9.17) is 9.52 Å². The van der Waals surface area contributed by atoms with Gasteiger partial charge in [0.25, 0.3) is 0 Å². The zero-order chi connectivity index (χ0) is 14.8. The first-order chi connectivity index (χ1) is 10.1. The minimum Gasteiger partial charge on any atom is -0.478 e. The van der Waals surface area contributed by atoms with Gasteiger partial charge < -0.3 is 9.52 Å². The molecule has 3 aromatic rings. The van der Waals surface area contributed by atoms with Crippen LogP contribution < -0.4 is 0 Å². The Morgan fingerprint density at radius 3 is 2.52 bits per heavy atom. The highest BCUT2D eigenvalue weighted by Crippen LogP contribution is 2.26. The van der Waals surface area contributed by atoms with Crippen molar-refractivity contribution in [3.63, 3.8) is 0 Å². The number of nitrogens with zero attached hydrogens (tertiary/aromatic N) is 1. The monoisotopic (exact) mass is 283 g/mol. The lowest BCUT2D eigenvalue weighted by atomic mass is 10.1. The number of aromatic carboxylic acids is 1. The molecule has 0 saturated heterocycles. The summed E-state index contributed by atoms with van der Waals surface area (Å²) in [5, 5.41) is 8.85. The van der Waals surface area contributed by atoms with E-state index in [1.807, 2.05) is 0 Å². The van der Waals surface area contributed by atoms with Crippen molar-refractivity contribution in [2.45, 2.75) is 0 Å². The largest absolute Gasteiger partial charge is 0.478 e. The molecule has 1 N–H and O–H groups in total. The second-order valence-electron chi connectivity index (χ2n) is 4.42. The Morgan fingerprint density at radius 1 is 1.10 bits per heavy atom. The fraction of sp³-hybridized carbons (Fsp3) is 0. The number of benzene rings is 2. The quantitative estimate of drug-likeness (QED) is 0.793. The van der Waals surface area contributed by atoms with Gasteiger partial charge in [-0.3, -0.25) is 0 Å². The van der Waals surface area contributed by atoms with Crippen molar-refractivity contribution in [2.75, 3.05) is 0 Å². The molecule has 104 valence electrons. The number of carboxylic acids is 1. The topological polar surface area (TPSA) is 63.3 Å². The van der Waals surface area contributed by atoms with Crippen LogP contribution in [0.3, 0.4) is 0 Å². The molecule has 3 rings (SSSR count). The summed E-state index contributed by atoms with van der Waals surface area (Å²) in [6.45, 7) is 0. The molecule has 0 spiro atoms. The number of halogens is 1. The maximum atomic E-state index is 13.2. The van der Waals surface area contributed by atoms with Crippen molar-refractivity contribution in [1.29, 1.82) is 0 Å². The molecule has 0 amide bonds. The minimum atomic E-state index is -0.991. The Hall–Kier alpha value is -2.95. The molecule has 21 heavy (non-hydrogen) atoms. The fourth-order valence-electron chi connectivity index (χ4n) is 1.94. The molecule has 4 nitrogen and oxygen atoms in total. The van der Waals surface area contributed by atoms with Crippen LogP contribution in [0.5, 0.6) is 0 Å². The first-order valence-corrected chi connectivity index (χ1v) is 6.19. The fourth-order valence-corrected chi connectivity index (χ4v) is 1.94. The number of oxazole rings is 1. The van der Waals surface area contributed by atoms with E-state index in [-0.39, 0.29) is 11.4 Å². The van der Waals surface area contributed by atoms with Crippen molar-refractivity contribution in [3.8, 4) is 22.8 Å². The zero-order valence-electron chi connectivity index (χ0n) is 10.8. The van der Waals surface area contributed by atoms with Gasteiger partial charge in [0.15, 0.2) is 5.76 Å². The number of hydrogen-bond donors (Lipinski definition) is 1. The van der Waals surface area contributed by atoms with Gasteiger partial charge in [-0.1, -0.05) is 12.1 Å². The van der Waals surface area contributed by atoms with E-state index >= 15 is 0 Å². The second kappa shape index (κ2) is 5.20. The smallest absolute Gasteiger partial charge is 0.335 e. The molecule has 1 heterocycles. The van der Waals surface area contributed by atoms with Gasteiger partial charge in [-0.2, -0.15) is 0 Å². The van der Waals surface area contributed by atoms with E-state index < -0.39 is 5.97 Å². The maximum Gasteiger partial charge on any atom is 0.335 e. The van der Waals surface area contributed by atoms with Crippen molar-refractivity contribution >= 4 is 5.97 Å². The Labute approximate surface area is 119 Å². The molecule has 2 aromatic carbocycles. The summed E-state index contributed by atoms with van der Waals surface area (Å²) in [6, 6.07) is 12.2. The van der Waals surface area contributed by atoms with Crippen LogP contribution in [0.1, 0.15) is 10.4 Å². The second-order valence-corrected chi connectivity index (χ2v) is 4.42. The Morgan fingerprint density at radius 2 is 1.86 bits per heavy atom. The summed E-state index contributed by atoms with van der Waals surface area (Å²) in [4.78, 5) is 14.9. The van der Waals surface area contributed by atoms with Crippen LogP contribution in [-0.4, -0.2) is 16.1 Å². The molecule has 1 aromatic heterocycles. The lowest BCUT2D eigenvalue weighted by Gasteiger charge is -1.98. The molecule has 5 heteroatoms. The molecule has 0 aliphatic carbocycles. The van der Waals surface area contributed by atoms with Gasteiger partial charge in [0, 0.05) is 11.1 Å². The lowest BCUT2D eigenvalue weighted by Crippen LogP contribution is -1.94. The Bertz CT molecular complexity index is 793. The molecule has 0 bridgehead atoms. The van der Waals surface area contributed by atoms with E-state index in [2.05, 4.69) is 4.98 Å². The molecule has 0 aliphatic rings. The number of carbonyl (C=O) groups is 1. The van der Waals surface area contributed by atoms with Crippen LogP contribution in [-0.2, 0) is 0 Å². The van der Waals surface area contributed by atoms with Gasteiger partial charge in [-0.25, -0.2) is 14.2 Å². The highest BCUT2D eigenvalue weighted by Gasteiger charge is 2.10. The van der Waals surface area contributed by atoms with Crippen LogP contribution in [0.4, 0.5) is 4.39 Å². The Kier molecular flexibility index (Phi) is 3.23. The molecule has 0 radical (unpaired) electrons. The predicted octanol–water partition coefficient (Wildman–Crippen LogP) is 3.85. The number of aromatic nitrogens is 1. The average molecular weight is 283 g/mol. The number of hydrogen-bond acceptors (Lipinski definition) is 3. The maximum absolute atomic E-state index is 13.2. The summed E-state index contributed by atoms with van der Waals surface area (Å²) >= 11 is 0. The Balaban J connectivity index is 1.93. The predicted molar refractivity (Wildman–Crippen MR) is 74.3 cm³/mol. The SMILES string of the molecule is O=C(O)c1ccc(-c2ncc(-c3cccc(F)c3)o2)cc1. The average Bonchev–Trinajstić information content (AvgIpc) is 2.97. The summed E-state index contributed by atoms with van der Waals surface area (Å²) in [7, 11) is 0. The normalized spacial score (nSPS) is 10.5. The first-order valence-electron chi connectivity index (χ1n) is 6.19. The first kappa shape index (κ1) is 13.1. The molecule has 0 saturated carbocycles. The van der Waals surface area contributed by atoms with E-state index in [0.29, 0.717) is 22.8 Å². The number of rotatable bonds is 3. The highest BCUT2D eigenvalue weighted by atomic mass is 19.1. The van der Waals surface area contributed by atoms with Crippen LogP contribution in [0, 0.1) is 5.82 Å². The van der Waals surface area contributed by atoms with Crippen molar-refractivity contribution in [1.82, 2.24) is 4.98 Å². The van der Waals surface area contributed by atoms with Gasteiger partial charge in [0.2, 0.25) is 5.89 Å². The minimum absolute atomic E-state index is 0.190. The molecular formula is C16H10FNO3. The molecule has 0 atom stereocenters. The van der Waals surface area contributed by atoms with Gasteiger partial charge in [0.1, 0.15) is 5.82 Å². The van der Waals surface area contributed by atoms with E-state index in [9.17, 15) is 9.18 Å². The standard InChI is InChI=1S/C16H10FNO3/c17-13-3-1-2-12(8-13)14-9-18-15(21-14)10-4-6-11(7-5-10)16(19)20/h1-9H,(H,19,20). The zero-order valence-corrected chi connectivity index (χ0v) is 10.8. The van der Waals surface area contributed by atoms with E-state index in [1.165, 1.54) is 30.5 Å². The van der Waals surface area contributed by atoms with Crippen molar-refractivity contribution in [2.24, 2.45) is 0 Å². The summed E-state index contributed by atoms with van der Waals surface area (Å²) in [5.74, 6) is -0.538. The van der Waals surface area contributed by atoms with E-state index in [1.54, 1.807) is 24.3 Å². The summed E-state index contributed by atoms with van der Waals surface area (Å²) in [6.07, 6.45) is 1.51. The summed E-state index contributed by atoms with van der Waals surface area (Å²) in [5.41, 5.74) is 1.44. The molecule has 0 unspecified atom stereocenters. The molecular weight excluding hydrogens is 273 g/mol. The van der Waals surface area contributed by atoms with Gasteiger partial charge in [0.05, 0.1) is 11.8 Å². The van der Waals surface area contributed by atoms with Gasteiger partial charge in [-0.05, 0) is 36.4 Å². The highest BCUT2D eigenvalue weighted by molar-refractivity contribution is 5.88. The lowest BCUT2D eigenvalue weighted by molar-refractivity contribution is 0.0697. The van der Waals surface area contributed by atoms with Crippen LogP contribution >= 0.6 is 0 Å². The molecule has 0 fully saturated rings. The van der Waals surface area contributed by atoms with Gasteiger partial charge >= 0.3 is 5.97 Å². The third-order valence-corrected chi connectivity index (χ3v) is 2.99. The van der Waals surface area contributed by atoms with Crippen molar-refractivity contribution < 1.29 is 18.7 Å². The van der Waals surface area contributed by atoms with Crippen molar-refractivity contribution in [3.05, 3.63) is 66.1 Å². The van der Waals surface area contributed by atoms with Gasteiger partial charge in [-0.15, -0.1) is 0 Å². The third kappa shape index (κ3) is 2.67. The summed E-state index contributed by atoms with van der Waals surface area (Å²) < 4.78 is 18.8. The van der Waals surface area contributed by atoms with Crippen LogP contribution in [0.25, 0.3) is 22.8 Å². The number of carboxylic acid groups (broad SMARTS) is 1. The van der Waals surface area contributed by atoms with E-state index in [0.717, 1.165) is 0 Å².